The van der Waals surface area contributed by atoms with Gasteiger partial charge in [-0.05, 0) is 48.2 Å². The molecule has 6 nitrogen and oxygen atoms in total. The Bertz CT molecular complexity index is 917. The van der Waals surface area contributed by atoms with E-state index in [4.69, 9.17) is 4.74 Å². The second-order valence-corrected chi connectivity index (χ2v) is 6.93. The number of rotatable bonds is 10. The van der Waals surface area contributed by atoms with Gasteiger partial charge in [-0.3, -0.25) is 9.48 Å². The van der Waals surface area contributed by atoms with Gasteiger partial charge in [0.25, 0.3) is 5.91 Å². The third-order valence-electron chi connectivity index (χ3n) is 4.48. The number of carbonyl (C=O) groups excluding carboxylic acids is 2. The molecule has 0 aliphatic carbocycles. The normalized spacial score (nSPS) is 10.5. The van der Waals surface area contributed by atoms with Crippen LogP contribution in [0, 0.1) is 0 Å². The molecule has 0 saturated carbocycles. The summed E-state index contributed by atoms with van der Waals surface area (Å²) in [7, 11) is 0. The number of hydrogen-bond acceptors (Lipinski definition) is 4. The maximum atomic E-state index is 12.0. The summed E-state index contributed by atoms with van der Waals surface area (Å²) in [5, 5.41) is 7.05. The molecule has 0 bridgehead atoms. The zero-order valence-corrected chi connectivity index (χ0v) is 16.5. The molecule has 1 aromatic heterocycles. The van der Waals surface area contributed by atoms with E-state index in [-0.39, 0.29) is 18.3 Å². The molecular weight excluding hydrogens is 366 g/mol. The molecule has 0 unspecified atom stereocenters. The Morgan fingerprint density at radius 3 is 2.34 bits per heavy atom. The molecule has 1 heterocycles. The number of ketones is 1. The van der Waals surface area contributed by atoms with E-state index >= 15 is 0 Å². The molecule has 0 atom stereocenters. The molecule has 6 heteroatoms. The number of amides is 1. The minimum absolute atomic E-state index is 0.0375. The van der Waals surface area contributed by atoms with Gasteiger partial charge in [0.1, 0.15) is 11.5 Å². The third-order valence-corrected chi connectivity index (χ3v) is 4.48. The summed E-state index contributed by atoms with van der Waals surface area (Å²) < 4.78 is 7.39. The Morgan fingerprint density at radius 2 is 1.69 bits per heavy atom. The van der Waals surface area contributed by atoms with E-state index in [0.29, 0.717) is 18.7 Å². The van der Waals surface area contributed by atoms with E-state index in [2.05, 4.69) is 10.4 Å². The maximum Gasteiger partial charge on any atom is 0.258 e. The largest absolute Gasteiger partial charge is 0.484 e. The Balaban J connectivity index is 1.39. The Morgan fingerprint density at radius 1 is 1.00 bits per heavy atom. The van der Waals surface area contributed by atoms with Crippen molar-refractivity contribution in [2.75, 3.05) is 6.61 Å². The fraction of sp³-hybridized carbons (Fsp3) is 0.261. The molecule has 3 aromatic rings. The zero-order valence-electron chi connectivity index (χ0n) is 16.5. The number of hydrogen-bond donors (Lipinski definition) is 1. The lowest BCUT2D eigenvalue weighted by Crippen LogP contribution is -2.28. The minimum Gasteiger partial charge on any atom is -0.484 e. The molecule has 1 amide bonds. The molecule has 0 spiro atoms. The van der Waals surface area contributed by atoms with E-state index in [0.717, 1.165) is 29.7 Å². The number of nitrogens with one attached hydrogen (secondary N) is 1. The molecule has 0 radical (unpaired) electrons. The topological polar surface area (TPSA) is 73.2 Å². The first-order valence-corrected chi connectivity index (χ1v) is 9.61. The van der Waals surface area contributed by atoms with Crippen molar-refractivity contribution in [1.29, 1.82) is 0 Å². The van der Waals surface area contributed by atoms with Gasteiger partial charge < -0.3 is 14.8 Å². The van der Waals surface area contributed by atoms with E-state index in [9.17, 15) is 9.59 Å². The molecule has 0 aliphatic rings. The summed E-state index contributed by atoms with van der Waals surface area (Å²) in [6, 6.07) is 17.4. The average Bonchev–Trinajstić information content (AvgIpc) is 3.24. The van der Waals surface area contributed by atoms with Gasteiger partial charge in [-0.25, -0.2) is 0 Å². The summed E-state index contributed by atoms with van der Waals surface area (Å²) in [5.41, 5.74) is 3.25. The Kier molecular flexibility index (Phi) is 7.16. The first-order chi connectivity index (χ1) is 14.1. The van der Waals surface area contributed by atoms with Crippen LogP contribution in [0.3, 0.4) is 0 Å². The van der Waals surface area contributed by atoms with Crippen molar-refractivity contribution < 1.29 is 14.3 Å². The van der Waals surface area contributed by atoms with Crippen LogP contribution in [0.1, 0.15) is 30.0 Å². The first kappa shape index (κ1) is 20.3. The molecule has 0 aliphatic heterocycles. The van der Waals surface area contributed by atoms with Gasteiger partial charge in [0, 0.05) is 25.4 Å². The molecule has 29 heavy (non-hydrogen) atoms. The van der Waals surface area contributed by atoms with Crippen LogP contribution in [0.4, 0.5) is 0 Å². The van der Waals surface area contributed by atoms with Crippen molar-refractivity contribution in [3.05, 3.63) is 83.7 Å². The van der Waals surface area contributed by atoms with Gasteiger partial charge >= 0.3 is 0 Å². The van der Waals surface area contributed by atoms with Gasteiger partial charge in [-0.2, -0.15) is 5.10 Å². The highest BCUT2D eigenvalue weighted by atomic mass is 16.5. The zero-order chi connectivity index (χ0) is 20.5. The predicted molar refractivity (Wildman–Crippen MR) is 111 cm³/mol. The summed E-state index contributed by atoms with van der Waals surface area (Å²) in [4.78, 5) is 23.1. The monoisotopic (exact) mass is 391 g/mol. The number of ether oxygens (including phenoxy) is 1. The van der Waals surface area contributed by atoms with Crippen LogP contribution in [0.15, 0.2) is 67.0 Å². The van der Waals surface area contributed by atoms with Crippen LogP contribution >= 0.6 is 0 Å². The Hall–Kier alpha value is -3.41. The molecular formula is C23H25N3O3. The standard InChI is InChI=1S/C23H25N3O3/c1-18(27)3-4-19-9-11-22(12-10-19)29-17-23(28)24-15-20-5-7-21(8-6-20)16-26-14-2-13-25-26/h2,5-14H,3-4,15-17H2,1H3,(H,24,28). The lowest BCUT2D eigenvalue weighted by Gasteiger charge is -2.09. The Labute approximate surface area is 170 Å². The minimum atomic E-state index is -0.175. The highest BCUT2D eigenvalue weighted by molar-refractivity contribution is 5.77. The van der Waals surface area contributed by atoms with Crippen molar-refractivity contribution in [1.82, 2.24) is 15.1 Å². The number of nitrogens with zero attached hydrogens (tertiary/aromatic N) is 2. The number of carbonyl (C=O) groups is 2. The highest BCUT2D eigenvalue weighted by Crippen LogP contribution is 2.13. The predicted octanol–water partition coefficient (Wildman–Crippen LogP) is 3.15. The van der Waals surface area contributed by atoms with Gasteiger partial charge in [0.05, 0.1) is 6.54 Å². The van der Waals surface area contributed by atoms with Crippen LogP contribution in [-0.4, -0.2) is 28.1 Å². The van der Waals surface area contributed by atoms with Crippen molar-refractivity contribution in [3.8, 4) is 5.75 Å². The number of benzene rings is 2. The van der Waals surface area contributed by atoms with Gasteiger partial charge in [-0.1, -0.05) is 36.4 Å². The molecule has 1 N–H and O–H groups in total. The lowest BCUT2D eigenvalue weighted by atomic mass is 10.1. The summed E-state index contributed by atoms with van der Waals surface area (Å²) in [6.07, 6.45) is 4.94. The number of Topliss-reactive ketones (excluding diaryl/α,β-unsaturated/α-hetero) is 1. The van der Waals surface area contributed by atoms with Crippen LogP contribution in [0.25, 0.3) is 0 Å². The van der Waals surface area contributed by atoms with Crippen LogP contribution in [-0.2, 0) is 29.1 Å². The van der Waals surface area contributed by atoms with E-state index in [1.54, 1.807) is 13.1 Å². The number of aryl methyl sites for hydroxylation is 1. The quantitative estimate of drug-likeness (QED) is 0.576. The highest BCUT2D eigenvalue weighted by Gasteiger charge is 2.04. The molecule has 0 fully saturated rings. The molecule has 3 rings (SSSR count). The molecule has 150 valence electrons. The van der Waals surface area contributed by atoms with E-state index in [1.165, 1.54) is 0 Å². The van der Waals surface area contributed by atoms with Crippen molar-refractivity contribution >= 4 is 11.7 Å². The third kappa shape index (κ3) is 6.92. The molecule has 2 aromatic carbocycles. The second-order valence-electron chi connectivity index (χ2n) is 6.93. The summed E-state index contributed by atoms with van der Waals surface area (Å²) in [6.45, 7) is 2.73. The van der Waals surface area contributed by atoms with E-state index in [1.807, 2.05) is 65.5 Å². The SMILES string of the molecule is CC(=O)CCc1ccc(OCC(=O)NCc2ccc(Cn3cccn3)cc2)cc1. The second kappa shape index (κ2) is 10.2. The van der Waals surface area contributed by atoms with Gasteiger partial charge in [0.2, 0.25) is 0 Å². The van der Waals surface area contributed by atoms with Gasteiger partial charge in [-0.15, -0.1) is 0 Å². The van der Waals surface area contributed by atoms with Crippen molar-refractivity contribution in [3.63, 3.8) is 0 Å². The fourth-order valence-electron chi connectivity index (χ4n) is 2.82. The average molecular weight is 391 g/mol. The van der Waals surface area contributed by atoms with Crippen molar-refractivity contribution in [2.45, 2.75) is 32.9 Å². The van der Waals surface area contributed by atoms with E-state index < -0.39 is 0 Å². The lowest BCUT2D eigenvalue weighted by molar-refractivity contribution is -0.123. The maximum absolute atomic E-state index is 12.0. The summed E-state index contributed by atoms with van der Waals surface area (Å²) in [5.74, 6) is 0.635. The summed E-state index contributed by atoms with van der Waals surface area (Å²) >= 11 is 0. The van der Waals surface area contributed by atoms with Crippen LogP contribution in [0.5, 0.6) is 5.75 Å². The van der Waals surface area contributed by atoms with Crippen LogP contribution < -0.4 is 10.1 Å². The van der Waals surface area contributed by atoms with Gasteiger partial charge in [0.15, 0.2) is 6.61 Å². The van der Waals surface area contributed by atoms with Crippen LogP contribution in [0.2, 0.25) is 0 Å². The first-order valence-electron chi connectivity index (χ1n) is 9.61. The smallest absolute Gasteiger partial charge is 0.258 e. The number of aromatic nitrogens is 2. The molecule has 0 saturated heterocycles. The van der Waals surface area contributed by atoms with Crippen molar-refractivity contribution in [2.24, 2.45) is 0 Å². The fourth-order valence-corrected chi connectivity index (χ4v) is 2.82.